The summed E-state index contributed by atoms with van der Waals surface area (Å²) in [7, 11) is 3.57. The van der Waals surface area contributed by atoms with E-state index in [2.05, 4.69) is 22.5 Å². The van der Waals surface area contributed by atoms with Crippen molar-refractivity contribution < 1.29 is 9.26 Å². The molecule has 6 nitrogen and oxygen atoms in total. The van der Waals surface area contributed by atoms with Gasteiger partial charge >= 0.3 is 0 Å². The Labute approximate surface area is 112 Å². The van der Waals surface area contributed by atoms with Gasteiger partial charge in [0.25, 0.3) is 0 Å². The maximum absolute atomic E-state index is 5.17. The van der Waals surface area contributed by atoms with Crippen LogP contribution in [0.1, 0.15) is 28.4 Å². The van der Waals surface area contributed by atoms with Crippen LogP contribution in [-0.4, -0.2) is 29.1 Å². The summed E-state index contributed by atoms with van der Waals surface area (Å²) in [6.45, 7) is 5.97. The van der Waals surface area contributed by atoms with Gasteiger partial charge in [0, 0.05) is 31.0 Å². The maximum Gasteiger partial charge on any atom is 0.162 e. The number of aromatic nitrogens is 3. The molecule has 0 fully saturated rings. The molecule has 0 amide bonds. The molecule has 2 rings (SSSR count). The van der Waals surface area contributed by atoms with E-state index in [1.54, 1.807) is 7.11 Å². The molecule has 0 saturated carbocycles. The number of hydrogen-bond donors (Lipinski definition) is 1. The lowest BCUT2D eigenvalue weighted by atomic mass is 10.2. The second kappa shape index (κ2) is 5.99. The largest absolute Gasteiger partial charge is 0.377 e. The van der Waals surface area contributed by atoms with E-state index < -0.39 is 0 Å². The third-order valence-electron chi connectivity index (χ3n) is 3.09. The highest BCUT2D eigenvalue weighted by Gasteiger charge is 2.12. The molecular formula is C13H20N4O2. The minimum atomic E-state index is 0.440. The summed E-state index contributed by atoms with van der Waals surface area (Å²) in [5, 5.41) is 11.7. The summed E-state index contributed by atoms with van der Waals surface area (Å²) in [4.78, 5) is 0. The van der Waals surface area contributed by atoms with Crippen LogP contribution in [0.4, 0.5) is 0 Å². The first-order valence-corrected chi connectivity index (χ1v) is 6.26. The third kappa shape index (κ3) is 3.02. The summed E-state index contributed by atoms with van der Waals surface area (Å²) >= 11 is 0. The van der Waals surface area contributed by atoms with Gasteiger partial charge in [-0.15, -0.1) is 0 Å². The van der Waals surface area contributed by atoms with E-state index in [0.29, 0.717) is 13.2 Å². The van der Waals surface area contributed by atoms with Crippen molar-refractivity contribution >= 4 is 0 Å². The topological polar surface area (TPSA) is 65.1 Å². The molecule has 104 valence electrons. The lowest BCUT2D eigenvalue weighted by Gasteiger charge is -2.02. The van der Waals surface area contributed by atoms with Crippen LogP contribution >= 0.6 is 0 Å². The highest BCUT2D eigenvalue weighted by atomic mass is 16.5. The van der Waals surface area contributed by atoms with Crippen molar-refractivity contribution in [3.05, 3.63) is 34.5 Å². The zero-order chi connectivity index (χ0) is 13.8. The van der Waals surface area contributed by atoms with E-state index in [4.69, 9.17) is 9.26 Å². The molecule has 1 N–H and O–H groups in total. The summed E-state index contributed by atoms with van der Waals surface area (Å²) in [6, 6.07) is 1.90. The first-order chi connectivity index (χ1) is 9.15. The number of aryl methyl sites for hydroxylation is 1. The van der Waals surface area contributed by atoms with E-state index in [9.17, 15) is 0 Å². The highest BCUT2D eigenvalue weighted by Crippen LogP contribution is 2.14. The Kier molecular flexibility index (Phi) is 4.34. The number of rotatable bonds is 6. The van der Waals surface area contributed by atoms with Crippen LogP contribution in [-0.2, 0) is 24.4 Å². The third-order valence-corrected chi connectivity index (χ3v) is 3.09. The van der Waals surface area contributed by atoms with Gasteiger partial charge in [0.05, 0.1) is 12.2 Å². The van der Waals surface area contributed by atoms with Gasteiger partial charge in [0.2, 0.25) is 0 Å². The monoisotopic (exact) mass is 264 g/mol. The SMILES string of the molecule is CNCc1c(C)nn(Cc2cc(COC)on2)c1C. The van der Waals surface area contributed by atoms with E-state index >= 15 is 0 Å². The molecule has 0 saturated heterocycles. The fourth-order valence-corrected chi connectivity index (χ4v) is 2.11. The fourth-order valence-electron chi connectivity index (χ4n) is 2.11. The number of nitrogens with one attached hydrogen (secondary N) is 1. The smallest absolute Gasteiger partial charge is 0.162 e. The Bertz CT molecular complexity index is 545. The van der Waals surface area contributed by atoms with E-state index in [1.807, 2.05) is 24.7 Å². The van der Waals surface area contributed by atoms with Gasteiger partial charge in [-0.3, -0.25) is 4.68 Å². The van der Waals surface area contributed by atoms with Crippen molar-refractivity contribution in [2.75, 3.05) is 14.2 Å². The van der Waals surface area contributed by atoms with Crippen molar-refractivity contribution in [1.29, 1.82) is 0 Å². The first kappa shape index (κ1) is 13.8. The van der Waals surface area contributed by atoms with Gasteiger partial charge in [-0.25, -0.2) is 0 Å². The van der Waals surface area contributed by atoms with Crippen molar-refractivity contribution in [3.63, 3.8) is 0 Å². The first-order valence-electron chi connectivity index (χ1n) is 6.26. The van der Waals surface area contributed by atoms with Crippen molar-refractivity contribution in [2.45, 2.75) is 33.5 Å². The molecule has 0 aromatic carbocycles. The number of hydrogen-bond acceptors (Lipinski definition) is 5. The van der Waals surface area contributed by atoms with Crippen molar-refractivity contribution in [2.24, 2.45) is 0 Å². The quantitative estimate of drug-likeness (QED) is 0.854. The standard InChI is InChI=1S/C13H20N4O2/c1-9-13(6-14-3)10(2)17(15-9)7-11-5-12(8-18-4)19-16-11/h5,14H,6-8H2,1-4H3. The van der Waals surface area contributed by atoms with Crippen molar-refractivity contribution in [1.82, 2.24) is 20.3 Å². The van der Waals surface area contributed by atoms with Crippen LogP contribution < -0.4 is 5.32 Å². The van der Waals surface area contributed by atoms with Gasteiger partial charge in [-0.1, -0.05) is 5.16 Å². The van der Waals surface area contributed by atoms with E-state index in [0.717, 1.165) is 29.4 Å². The Morgan fingerprint density at radius 2 is 2.21 bits per heavy atom. The summed E-state index contributed by atoms with van der Waals surface area (Å²) < 4.78 is 12.1. The molecular weight excluding hydrogens is 244 g/mol. The van der Waals surface area contributed by atoms with Crippen LogP contribution in [0.25, 0.3) is 0 Å². The zero-order valence-electron chi connectivity index (χ0n) is 11.9. The van der Waals surface area contributed by atoms with Crippen LogP contribution in [0, 0.1) is 13.8 Å². The van der Waals surface area contributed by atoms with Gasteiger partial charge in [-0.05, 0) is 20.9 Å². The molecule has 2 aromatic rings. The molecule has 19 heavy (non-hydrogen) atoms. The van der Waals surface area contributed by atoms with Gasteiger partial charge in [0.1, 0.15) is 12.3 Å². The minimum Gasteiger partial charge on any atom is -0.377 e. The number of methoxy groups -OCH3 is 1. The summed E-state index contributed by atoms with van der Waals surface area (Å²) in [5.41, 5.74) is 4.30. The van der Waals surface area contributed by atoms with Crippen molar-refractivity contribution in [3.8, 4) is 0 Å². The molecule has 0 unspecified atom stereocenters. The Hall–Kier alpha value is -1.66. The molecule has 0 aliphatic carbocycles. The molecule has 2 heterocycles. The second-order valence-electron chi connectivity index (χ2n) is 4.55. The summed E-state index contributed by atoms with van der Waals surface area (Å²) in [6.07, 6.45) is 0. The molecule has 0 atom stereocenters. The molecule has 6 heteroatoms. The van der Waals surface area contributed by atoms with Crippen LogP contribution in [0.5, 0.6) is 0 Å². The zero-order valence-corrected chi connectivity index (χ0v) is 11.9. The number of ether oxygens (including phenoxy) is 1. The average Bonchev–Trinajstić information content (AvgIpc) is 2.91. The molecule has 0 aliphatic rings. The van der Waals surface area contributed by atoms with Crippen LogP contribution in [0.15, 0.2) is 10.6 Å². The maximum atomic E-state index is 5.17. The minimum absolute atomic E-state index is 0.440. The van der Waals surface area contributed by atoms with Crippen LogP contribution in [0.3, 0.4) is 0 Å². The normalized spacial score (nSPS) is 11.2. The Morgan fingerprint density at radius 3 is 2.89 bits per heavy atom. The number of nitrogens with zero attached hydrogens (tertiary/aromatic N) is 3. The van der Waals surface area contributed by atoms with Gasteiger partial charge < -0.3 is 14.6 Å². The second-order valence-corrected chi connectivity index (χ2v) is 4.55. The average molecular weight is 264 g/mol. The molecule has 0 spiro atoms. The van der Waals surface area contributed by atoms with Crippen LogP contribution in [0.2, 0.25) is 0 Å². The fraction of sp³-hybridized carbons (Fsp3) is 0.538. The van der Waals surface area contributed by atoms with Gasteiger partial charge in [0.15, 0.2) is 5.76 Å². The molecule has 0 bridgehead atoms. The predicted molar refractivity (Wildman–Crippen MR) is 70.8 cm³/mol. The molecule has 0 radical (unpaired) electrons. The van der Waals surface area contributed by atoms with E-state index in [1.165, 1.54) is 5.56 Å². The van der Waals surface area contributed by atoms with E-state index in [-0.39, 0.29) is 0 Å². The molecule has 2 aromatic heterocycles. The highest BCUT2D eigenvalue weighted by molar-refractivity contribution is 5.25. The molecule has 0 aliphatic heterocycles. The van der Waals surface area contributed by atoms with Gasteiger partial charge in [-0.2, -0.15) is 5.10 Å². The Balaban J connectivity index is 2.16. The predicted octanol–water partition coefficient (Wildman–Crippen LogP) is 1.40. The lowest BCUT2D eigenvalue weighted by Crippen LogP contribution is -2.08. The summed E-state index contributed by atoms with van der Waals surface area (Å²) in [5.74, 6) is 0.731. The Morgan fingerprint density at radius 1 is 1.42 bits per heavy atom. The lowest BCUT2D eigenvalue weighted by molar-refractivity contribution is 0.155.